The predicted molar refractivity (Wildman–Crippen MR) is 56.9 cm³/mol. The number of benzene rings is 1. The van der Waals surface area contributed by atoms with Crippen molar-refractivity contribution in [3.8, 4) is 5.75 Å². The molecule has 0 saturated carbocycles. The van der Waals surface area contributed by atoms with Crippen molar-refractivity contribution in [3.05, 3.63) is 29.8 Å². The van der Waals surface area contributed by atoms with Crippen molar-refractivity contribution in [2.24, 2.45) is 0 Å². The first-order chi connectivity index (χ1) is 5.52. The molecule has 1 aromatic rings. The van der Waals surface area contributed by atoms with Crippen molar-refractivity contribution < 1.29 is 5.11 Å². The van der Waals surface area contributed by atoms with E-state index in [1.807, 2.05) is 13.8 Å². The molecule has 0 bridgehead atoms. The van der Waals surface area contributed by atoms with Gasteiger partial charge in [-0.3, -0.25) is 0 Å². The number of hydrogen-bond donors (Lipinski definition) is 1. The minimum atomic E-state index is 0.308. The van der Waals surface area contributed by atoms with E-state index in [0.717, 1.165) is 22.0 Å². The predicted octanol–water partition coefficient (Wildman–Crippen LogP) is 2.23. The van der Waals surface area contributed by atoms with Gasteiger partial charge in [-0.2, -0.15) is 0 Å². The van der Waals surface area contributed by atoms with Crippen LogP contribution in [0.3, 0.4) is 0 Å². The maximum absolute atomic E-state index is 9.26. The minimum absolute atomic E-state index is 0.308. The van der Waals surface area contributed by atoms with Gasteiger partial charge in [-0.25, -0.2) is 0 Å². The summed E-state index contributed by atoms with van der Waals surface area (Å²) in [6, 6.07) is 3.47. The van der Waals surface area contributed by atoms with Crippen molar-refractivity contribution >= 4 is 20.1 Å². The maximum Gasteiger partial charge on any atom is 0.116 e. The van der Waals surface area contributed by atoms with Crippen LogP contribution in [0, 0.1) is 6.92 Å². The van der Waals surface area contributed by atoms with Crippen molar-refractivity contribution in [1.82, 2.24) is 0 Å². The largest absolute Gasteiger partial charge is 0.508 e. The fraction of sp³-hybridized carbons (Fsp3) is 0.200. The fourth-order valence-electron chi connectivity index (χ4n) is 1.38. The van der Waals surface area contributed by atoms with E-state index in [1.54, 1.807) is 12.1 Å². The Hall–Kier alpha value is -0.810. The highest BCUT2D eigenvalue weighted by Crippen LogP contribution is 2.21. The van der Waals surface area contributed by atoms with Gasteiger partial charge in [0.25, 0.3) is 0 Å². The molecule has 0 heterocycles. The van der Waals surface area contributed by atoms with Crippen molar-refractivity contribution in [1.29, 1.82) is 0 Å². The molecule has 1 nitrogen and oxygen atoms in total. The molecule has 12 heavy (non-hydrogen) atoms. The third-order valence-corrected chi connectivity index (χ3v) is 2.23. The summed E-state index contributed by atoms with van der Waals surface area (Å²) in [7, 11) is 2.60. The van der Waals surface area contributed by atoms with E-state index in [1.165, 1.54) is 0 Å². The molecule has 1 N–H and O–H groups in total. The van der Waals surface area contributed by atoms with Gasteiger partial charge in [-0.1, -0.05) is 12.2 Å². The van der Waals surface area contributed by atoms with Gasteiger partial charge in [0.1, 0.15) is 5.75 Å². The van der Waals surface area contributed by atoms with Gasteiger partial charge in [0.15, 0.2) is 0 Å². The molecule has 1 atom stereocenters. The van der Waals surface area contributed by atoms with Crippen LogP contribution in [0.2, 0.25) is 0 Å². The summed E-state index contributed by atoms with van der Waals surface area (Å²) in [4.78, 5) is 0. The van der Waals surface area contributed by atoms with Crippen LogP contribution in [-0.2, 0) is 0 Å². The molecule has 1 aromatic carbocycles. The molecular weight excluding hydrogens is 167 g/mol. The lowest BCUT2D eigenvalue weighted by molar-refractivity contribution is 0.475. The molecule has 0 aromatic heterocycles. The lowest BCUT2D eigenvalue weighted by atomic mass is 10.0. The Kier molecular flexibility index (Phi) is 2.54. The molecule has 1 rings (SSSR count). The Morgan fingerprint density at radius 1 is 1.50 bits per heavy atom. The highest BCUT2D eigenvalue weighted by Gasteiger charge is 2.04. The van der Waals surface area contributed by atoms with E-state index in [9.17, 15) is 5.11 Å². The van der Waals surface area contributed by atoms with Crippen LogP contribution in [0.5, 0.6) is 5.75 Å². The van der Waals surface area contributed by atoms with Crippen molar-refractivity contribution in [2.45, 2.75) is 13.8 Å². The Balaban J connectivity index is 3.38. The van der Waals surface area contributed by atoms with Crippen LogP contribution in [0.25, 0.3) is 5.57 Å². The molecule has 1 unspecified atom stereocenters. The van der Waals surface area contributed by atoms with Gasteiger partial charge in [-0.05, 0) is 42.4 Å². The van der Waals surface area contributed by atoms with Gasteiger partial charge in [0, 0.05) is 0 Å². The molecule has 0 fully saturated rings. The summed E-state index contributed by atoms with van der Waals surface area (Å²) >= 11 is 0. The summed E-state index contributed by atoms with van der Waals surface area (Å²) < 4.78 is 0. The van der Waals surface area contributed by atoms with Crippen LogP contribution in [0.15, 0.2) is 18.7 Å². The van der Waals surface area contributed by atoms with Crippen LogP contribution < -0.4 is 5.30 Å². The minimum Gasteiger partial charge on any atom is -0.508 e. The van der Waals surface area contributed by atoms with Crippen molar-refractivity contribution in [2.75, 3.05) is 0 Å². The lowest BCUT2D eigenvalue weighted by Gasteiger charge is -2.09. The molecular formula is C10H13OP. The average molecular weight is 180 g/mol. The maximum atomic E-state index is 9.26. The Labute approximate surface area is 75.3 Å². The SMILES string of the molecule is C=C(C)c1c(C)cc(O)cc1P. The van der Waals surface area contributed by atoms with Gasteiger partial charge in [-0.15, -0.1) is 9.24 Å². The van der Waals surface area contributed by atoms with Crippen molar-refractivity contribution in [3.63, 3.8) is 0 Å². The van der Waals surface area contributed by atoms with E-state index in [4.69, 9.17) is 0 Å². The summed E-state index contributed by atoms with van der Waals surface area (Å²) in [6.07, 6.45) is 0. The van der Waals surface area contributed by atoms with Gasteiger partial charge < -0.3 is 5.11 Å². The molecule has 2 heteroatoms. The molecule has 0 spiro atoms. The Bertz CT molecular complexity index is 306. The smallest absolute Gasteiger partial charge is 0.116 e. The molecule has 0 aliphatic carbocycles. The monoisotopic (exact) mass is 180 g/mol. The Morgan fingerprint density at radius 3 is 2.50 bits per heavy atom. The molecule has 0 radical (unpaired) electrons. The standard InChI is InChI=1S/C10H13OP/c1-6(2)10-7(3)4-8(11)5-9(10)12/h4-5,11H,1,12H2,2-3H3. The van der Waals surface area contributed by atoms with Crippen LogP contribution in [0.1, 0.15) is 18.1 Å². The fourth-order valence-corrected chi connectivity index (χ4v) is 2.02. The molecule has 0 aliphatic rings. The number of hydrogen-bond acceptors (Lipinski definition) is 1. The molecule has 64 valence electrons. The second-order valence-corrected chi connectivity index (χ2v) is 3.63. The van der Waals surface area contributed by atoms with E-state index in [-0.39, 0.29) is 0 Å². The van der Waals surface area contributed by atoms with E-state index < -0.39 is 0 Å². The lowest BCUT2D eigenvalue weighted by Crippen LogP contribution is -2.01. The number of rotatable bonds is 1. The van der Waals surface area contributed by atoms with E-state index >= 15 is 0 Å². The van der Waals surface area contributed by atoms with E-state index in [2.05, 4.69) is 15.8 Å². The summed E-state index contributed by atoms with van der Waals surface area (Å²) in [6.45, 7) is 7.82. The third kappa shape index (κ3) is 1.67. The first-order valence-corrected chi connectivity index (χ1v) is 4.35. The second kappa shape index (κ2) is 3.28. The summed E-state index contributed by atoms with van der Waals surface area (Å²) in [5.41, 5.74) is 3.21. The zero-order chi connectivity index (χ0) is 9.30. The number of phenolic OH excluding ortho intramolecular Hbond substituents is 1. The topological polar surface area (TPSA) is 20.2 Å². The normalized spacial score (nSPS) is 9.92. The van der Waals surface area contributed by atoms with Gasteiger partial charge in [0.2, 0.25) is 0 Å². The van der Waals surface area contributed by atoms with Crippen LogP contribution in [0.4, 0.5) is 0 Å². The third-order valence-electron chi connectivity index (χ3n) is 1.78. The highest BCUT2D eigenvalue weighted by atomic mass is 31.0. The molecule has 0 saturated heterocycles. The van der Waals surface area contributed by atoms with Crippen LogP contribution >= 0.6 is 9.24 Å². The number of phenols is 1. The molecule has 0 amide bonds. The Morgan fingerprint density at radius 2 is 2.08 bits per heavy atom. The highest BCUT2D eigenvalue weighted by molar-refractivity contribution is 7.27. The van der Waals surface area contributed by atoms with Gasteiger partial charge >= 0.3 is 0 Å². The van der Waals surface area contributed by atoms with Gasteiger partial charge in [0.05, 0.1) is 0 Å². The number of allylic oxidation sites excluding steroid dienone is 1. The number of aryl methyl sites for hydroxylation is 1. The first-order valence-electron chi connectivity index (χ1n) is 3.77. The summed E-state index contributed by atoms with van der Waals surface area (Å²) in [5.74, 6) is 0.308. The quantitative estimate of drug-likeness (QED) is 0.657. The average Bonchev–Trinajstić information content (AvgIpc) is 1.82. The molecule has 0 aliphatic heterocycles. The number of aromatic hydroxyl groups is 1. The van der Waals surface area contributed by atoms with E-state index in [0.29, 0.717) is 5.75 Å². The zero-order valence-electron chi connectivity index (χ0n) is 7.39. The first kappa shape index (κ1) is 9.28. The summed E-state index contributed by atoms with van der Waals surface area (Å²) in [5, 5.41) is 10.3. The van der Waals surface area contributed by atoms with Crippen LogP contribution in [-0.4, -0.2) is 5.11 Å². The zero-order valence-corrected chi connectivity index (χ0v) is 8.54. The second-order valence-electron chi connectivity index (χ2n) is 3.01.